The van der Waals surface area contributed by atoms with Crippen molar-refractivity contribution in [3.63, 3.8) is 0 Å². The molecule has 1 heterocycles. The van der Waals surface area contributed by atoms with Crippen molar-refractivity contribution in [2.45, 2.75) is 24.8 Å². The normalized spacial score (nSPS) is 11.8. The molecule has 6 nitrogen and oxygen atoms in total. The highest BCUT2D eigenvalue weighted by molar-refractivity contribution is 7.90. The second kappa shape index (κ2) is 12.6. The number of hydrogen-bond acceptors (Lipinski definition) is 4. The van der Waals surface area contributed by atoms with E-state index in [1.807, 2.05) is 54.6 Å². The number of nitrogens with zero attached hydrogens (tertiary/aromatic N) is 1. The molecule has 0 saturated heterocycles. The summed E-state index contributed by atoms with van der Waals surface area (Å²) in [6, 6.07) is 37.5. The number of nitrogens with one attached hydrogen (secondary N) is 2. The minimum Gasteiger partial charge on any atom is -0.347 e. The third-order valence-electron chi connectivity index (χ3n) is 7.03. The Kier molecular flexibility index (Phi) is 8.78. The third kappa shape index (κ3) is 6.65. The van der Waals surface area contributed by atoms with Gasteiger partial charge < -0.3 is 4.98 Å². The van der Waals surface area contributed by atoms with Crippen LogP contribution in [0.1, 0.15) is 40.2 Å². The van der Waals surface area contributed by atoms with E-state index >= 15 is 0 Å². The maximum absolute atomic E-state index is 12.7. The highest BCUT2D eigenvalue weighted by Crippen LogP contribution is 2.43. The van der Waals surface area contributed by atoms with Crippen LogP contribution in [-0.2, 0) is 33.2 Å². The average molecular weight is 584 g/mol. The van der Waals surface area contributed by atoms with Gasteiger partial charge in [0.25, 0.3) is 0 Å². The minimum atomic E-state index is -3.78. The zero-order valence-corrected chi connectivity index (χ0v) is 23.9. The van der Waals surface area contributed by atoms with Gasteiger partial charge in [-0.15, -0.1) is 0 Å². The quantitative estimate of drug-likeness (QED) is 0.174. The summed E-state index contributed by atoms with van der Waals surface area (Å²) in [6.45, 7) is 0.0933. The number of carbonyl (C=O) groups excluding carboxylic acids is 1. The first-order valence-corrected chi connectivity index (χ1v) is 15.3. The molecule has 0 atom stereocenters. The van der Waals surface area contributed by atoms with E-state index in [2.05, 4.69) is 46.1 Å². The number of ketones is 1. The van der Waals surface area contributed by atoms with Crippen molar-refractivity contribution < 1.29 is 13.2 Å². The van der Waals surface area contributed by atoms with E-state index in [0.717, 1.165) is 28.1 Å². The van der Waals surface area contributed by atoms with Gasteiger partial charge in [-0.2, -0.15) is 0 Å². The number of hydrogen-bond donors (Lipinski definition) is 2. The van der Waals surface area contributed by atoms with Gasteiger partial charge in [-0.1, -0.05) is 115 Å². The lowest BCUT2D eigenvalue weighted by Gasteiger charge is -2.34. The SMILES string of the molecule is O=C(CCc1c[nH]c(C(c2ccccc2)(c2ccccc2)c2ccccc2)n1)CS(=O)(=O)NCc1ccc(Cl)cc1. The Balaban J connectivity index is 1.36. The average Bonchev–Trinajstić information content (AvgIpc) is 3.47. The van der Waals surface area contributed by atoms with Crippen LogP contribution in [0.2, 0.25) is 5.02 Å². The molecule has 41 heavy (non-hydrogen) atoms. The van der Waals surface area contributed by atoms with Gasteiger partial charge in [0.1, 0.15) is 22.8 Å². The lowest BCUT2D eigenvalue weighted by molar-refractivity contribution is -0.116. The smallest absolute Gasteiger partial charge is 0.219 e. The summed E-state index contributed by atoms with van der Waals surface area (Å²) in [7, 11) is -3.78. The number of halogens is 1. The minimum absolute atomic E-state index is 0.0567. The Morgan fingerprint density at radius 1 is 0.780 bits per heavy atom. The molecule has 0 amide bonds. The van der Waals surface area contributed by atoms with E-state index < -0.39 is 21.2 Å². The molecule has 0 aliphatic heterocycles. The van der Waals surface area contributed by atoms with Gasteiger partial charge in [-0.25, -0.2) is 18.1 Å². The fourth-order valence-corrected chi connectivity index (χ4v) is 6.24. The molecule has 5 rings (SSSR count). The van der Waals surface area contributed by atoms with Crippen molar-refractivity contribution in [2.24, 2.45) is 0 Å². The Morgan fingerprint density at radius 2 is 1.29 bits per heavy atom. The van der Waals surface area contributed by atoms with Crippen LogP contribution in [0, 0.1) is 0 Å². The van der Waals surface area contributed by atoms with Gasteiger partial charge in [0, 0.05) is 24.2 Å². The maximum Gasteiger partial charge on any atom is 0.219 e. The summed E-state index contributed by atoms with van der Waals surface area (Å²) in [5.41, 5.74) is 3.87. The van der Waals surface area contributed by atoms with Gasteiger partial charge >= 0.3 is 0 Å². The van der Waals surface area contributed by atoms with E-state index in [4.69, 9.17) is 16.6 Å². The van der Waals surface area contributed by atoms with E-state index in [0.29, 0.717) is 17.1 Å². The van der Waals surface area contributed by atoms with Crippen molar-refractivity contribution in [1.82, 2.24) is 14.7 Å². The van der Waals surface area contributed by atoms with Crippen molar-refractivity contribution in [3.8, 4) is 0 Å². The van der Waals surface area contributed by atoms with Crippen LogP contribution in [0.25, 0.3) is 0 Å². The Bertz CT molecular complexity index is 1590. The summed E-state index contributed by atoms with van der Waals surface area (Å²) in [4.78, 5) is 21.1. The number of imidazole rings is 1. The van der Waals surface area contributed by atoms with Crippen LogP contribution in [0.3, 0.4) is 0 Å². The Morgan fingerprint density at radius 3 is 1.80 bits per heavy atom. The molecule has 8 heteroatoms. The monoisotopic (exact) mass is 583 g/mol. The molecular formula is C33H30ClN3O3S. The van der Waals surface area contributed by atoms with Crippen molar-refractivity contribution in [2.75, 3.05) is 5.75 Å². The molecular weight excluding hydrogens is 554 g/mol. The van der Waals surface area contributed by atoms with Crippen LogP contribution in [0.5, 0.6) is 0 Å². The molecule has 0 aliphatic rings. The first kappa shape index (κ1) is 28.5. The molecule has 2 N–H and O–H groups in total. The predicted molar refractivity (Wildman–Crippen MR) is 162 cm³/mol. The van der Waals surface area contributed by atoms with Crippen LogP contribution < -0.4 is 4.72 Å². The standard InChI is InChI=1S/C33H30ClN3O3S/c34-29-18-16-25(17-19-29)22-36-41(39,40)24-31(38)21-20-30-23-35-32(37-30)33(26-10-4-1-5-11-26,27-12-6-2-7-13-27)28-14-8-3-9-15-28/h1-19,23,36H,20-22,24H2,(H,35,37). The fourth-order valence-electron chi connectivity index (χ4n) is 5.05. The van der Waals surface area contributed by atoms with E-state index in [1.54, 1.807) is 30.5 Å². The number of carbonyl (C=O) groups is 1. The maximum atomic E-state index is 12.7. The number of sulfonamides is 1. The molecule has 0 bridgehead atoms. The van der Waals surface area contributed by atoms with Gasteiger partial charge in [0.15, 0.2) is 0 Å². The van der Waals surface area contributed by atoms with Crippen LogP contribution >= 0.6 is 11.6 Å². The lowest BCUT2D eigenvalue weighted by Crippen LogP contribution is -2.32. The molecule has 4 aromatic carbocycles. The lowest BCUT2D eigenvalue weighted by atomic mass is 9.69. The Labute approximate surface area is 245 Å². The molecule has 5 aromatic rings. The number of rotatable bonds is 12. The highest BCUT2D eigenvalue weighted by atomic mass is 35.5. The summed E-state index contributed by atoms with van der Waals surface area (Å²) in [5.74, 6) is -0.237. The van der Waals surface area contributed by atoms with Gasteiger partial charge in [-0.05, 0) is 40.8 Å². The fraction of sp³-hybridized carbons (Fsp3) is 0.152. The first-order chi connectivity index (χ1) is 19.9. The number of aromatic nitrogens is 2. The molecule has 0 spiro atoms. The molecule has 208 valence electrons. The van der Waals surface area contributed by atoms with Crippen LogP contribution in [-0.4, -0.2) is 29.9 Å². The molecule has 1 aromatic heterocycles. The van der Waals surface area contributed by atoms with Crippen LogP contribution in [0.15, 0.2) is 121 Å². The summed E-state index contributed by atoms with van der Waals surface area (Å²) in [6.07, 6.45) is 2.18. The molecule has 0 aliphatic carbocycles. The number of Topliss-reactive ketones (excluding diaryl/α,β-unsaturated/α-hetero) is 1. The molecule has 0 fully saturated rings. The highest BCUT2D eigenvalue weighted by Gasteiger charge is 2.40. The van der Waals surface area contributed by atoms with Gasteiger partial charge in [-0.3, -0.25) is 4.79 Å². The van der Waals surface area contributed by atoms with Crippen molar-refractivity contribution in [1.29, 1.82) is 0 Å². The summed E-state index contributed by atoms with van der Waals surface area (Å²) >= 11 is 5.89. The topological polar surface area (TPSA) is 91.9 Å². The van der Waals surface area contributed by atoms with E-state index in [-0.39, 0.29) is 18.7 Å². The van der Waals surface area contributed by atoms with Gasteiger partial charge in [0.05, 0.1) is 5.69 Å². The van der Waals surface area contributed by atoms with E-state index in [9.17, 15) is 13.2 Å². The summed E-state index contributed by atoms with van der Waals surface area (Å²) in [5, 5.41) is 0.571. The Hall–Kier alpha value is -4.04. The molecule has 0 saturated carbocycles. The van der Waals surface area contributed by atoms with Crippen LogP contribution in [0.4, 0.5) is 0 Å². The van der Waals surface area contributed by atoms with Gasteiger partial charge in [0.2, 0.25) is 10.0 Å². The zero-order chi connectivity index (χ0) is 28.7. The second-order valence-electron chi connectivity index (χ2n) is 9.83. The molecule has 0 unspecified atom stereocenters. The summed E-state index contributed by atoms with van der Waals surface area (Å²) < 4.78 is 27.5. The second-order valence-corrected chi connectivity index (χ2v) is 12.1. The first-order valence-electron chi connectivity index (χ1n) is 13.3. The number of aryl methyl sites for hydroxylation is 1. The third-order valence-corrected chi connectivity index (χ3v) is 8.57. The van der Waals surface area contributed by atoms with E-state index in [1.165, 1.54) is 0 Å². The molecule has 0 radical (unpaired) electrons. The zero-order valence-electron chi connectivity index (χ0n) is 22.3. The predicted octanol–water partition coefficient (Wildman–Crippen LogP) is 6.07. The number of benzene rings is 4. The largest absolute Gasteiger partial charge is 0.347 e. The number of H-pyrrole nitrogens is 1. The van der Waals surface area contributed by atoms with Crippen molar-refractivity contribution in [3.05, 3.63) is 160 Å². The van der Waals surface area contributed by atoms with Crippen molar-refractivity contribution >= 4 is 27.4 Å². The number of aromatic amines is 1.